The lowest BCUT2D eigenvalue weighted by atomic mass is 10.1. The largest absolute Gasteiger partial charge is 0.491 e. The SMILES string of the molecule is CC(=O)N(Cc1ccccc1OCCOS(=O)(=O)c1ccc(C)cc1)c1cccnc1Oc1ccccc1.CC(=O)N(Cc1ccccc1OCC[18F])c1cccnc1Oc1ccccc1. The molecule has 13 nitrogen and oxygen atoms in total. The summed E-state index contributed by atoms with van der Waals surface area (Å²) in [7, 11) is -3.89. The van der Waals surface area contributed by atoms with Crippen molar-refractivity contribution < 1.29 is 45.5 Å². The van der Waals surface area contributed by atoms with Gasteiger partial charge in [0.15, 0.2) is 0 Å². The van der Waals surface area contributed by atoms with Gasteiger partial charge in [-0.15, -0.1) is 0 Å². The summed E-state index contributed by atoms with van der Waals surface area (Å²) in [5.41, 5.74) is 3.48. The van der Waals surface area contributed by atoms with Crippen molar-refractivity contribution in [2.75, 3.05) is 36.3 Å². The number of hydrogen-bond donors (Lipinski definition) is 0. The third kappa shape index (κ3) is 13.7. The molecule has 0 saturated heterocycles. The van der Waals surface area contributed by atoms with Crippen LogP contribution in [0.1, 0.15) is 30.5 Å². The average molecular weight is 912 g/mol. The molecule has 7 rings (SSSR count). The van der Waals surface area contributed by atoms with Crippen LogP contribution in [0.2, 0.25) is 0 Å². The summed E-state index contributed by atoms with van der Waals surface area (Å²) in [4.78, 5) is 36.9. The zero-order chi connectivity index (χ0) is 46.7. The molecule has 340 valence electrons. The topological polar surface area (TPSA) is 147 Å². The van der Waals surface area contributed by atoms with Crippen molar-refractivity contribution in [1.82, 2.24) is 9.97 Å². The Morgan fingerprint density at radius 2 is 0.985 bits per heavy atom. The number of aryl methyl sites for hydroxylation is 1. The van der Waals surface area contributed by atoms with E-state index in [9.17, 15) is 22.4 Å². The van der Waals surface area contributed by atoms with E-state index in [1.54, 1.807) is 88.9 Å². The third-order valence-electron chi connectivity index (χ3n) is 9.59. The van der Waals surface area contributed by atoms with Gasteiger partial charge in [0.25, 0.3) is 10.1 Å². The zero-order valence-electron chi connectivity index (χ0n) is 36.7. The molecular weight excluding hydrogens is 863 g/mol. The monoisotopic (exact) mass is 911 g/mol. The number of carbonyl (C=O) groups is 2. The van der Waals surface area contributed by atoms with E-state index < -0.39 is 16.8 Å². The lowest BCUT2D eigenvalue weighted by Gasteiger charge is -2.24. The van der Waals surface area contributed by atoms with Crippen LogP contribution in [0.25, 0.3) is 0 Å². The van der Waals surface area contributed by atoms with E-state index in [1.165, 1.54) is 26.0 Å². The summed E-state index contributed by atoms with van der Waals surface area (Å²) < 4.78 is 65.7. The van der Waals surface area contributed by atoms with E-state index in [0.29, 0.717) is 46.1 Å². The standard InChI is InChI=1S/C29H28N2O6S.C22H21FN2O3/c1-22-14-16-26(17-15-22)38(33,34)36-20-19-35-28-13-7-6-9-24(28)21-31(23(2)32)27-12-8-18-30-29(27)37-25-10-4-3-5-11-25;1-17(26)25(16-18-8-5-6-12-21(18)27-15-13-23)20-11-7-14-24-22(20)28-19-9-3-2-4-10-19/h3-18H,19-21H2,1-2H3;2-12,14H,13,15-16H2,1H3/i;23-1. The highest BCUT2D eigenvalue weighted by atomic mass is 32.2. The molecule has 66 heavy (non-hydrogen) atoms. The number of amides is 2. The summed E-state index contributed by atoms with van der Waals surface area (Å²) >= 11 is 0. The molecule has 2 heterocycles. The number of halogens is 1. The first-order valence-electron chi connectivity index (χ1n) is 20.9. The Labute approximate surface area is 384 Å². The highest BCUT2D eigenvalue weighted by Crippen LogP contribution is 2.34. The van der Waals surface area contributed by atoms with Crippen molar-refractivity contribution in [2.24, 2.45) is 0 Å². The molecule has 0 aliphatic carbocycles. The average Bonchev–Trinajstić information content (AvgIpc) is 3.33. The minimum atomic E-state index is -3.89. The molecule has 0 atom stereocenters. The maximum absolute atomic E-state index is 12.7. The van der Waals surface area contributed by atoms with Gasteiger partial charge >= 0.3 is 0 Å². The van der Waals surface area contributed by atoms with Gasteiger partial charge in [-0.25, -0.2) is 14.4 Å². The van der Waals surface area contributed by atoms with Crippen LogP contribution in [-0.2, 0) is 37.0 Å². The van der Waals surface area contributed by atoms with E-state index in [0.717, 1.165) is 16.7 Å². The van der Waals surface area contributed by atoms with Crippen LogP contribution in [0.15, 0.2) is 175 Å². The maximum Gasteiger partial charge on any atom is 0.297 e. The van der Waals surface area contributed by atoms with Crippen molar-refractivity contribution >= 4 is 33.3 Å². The van der Waals surface area contributed by atoms with Crippen molar-refractivity contribution in [3.05, 3.63) is 187 Å². The lowest BCUT2D eigenvalue weighted by Crippen LogP contribution is -2.28. The first-order valence-corrected chi connectivity index (χ1v) is 22.3. The number of alkyl halides is 1. The van der Waals surface area contributed by atoms with Crippen LogP contribution in [0.5, 0.6) is 34.8 Å². The normalized spacial score (nSPS) is 10.8. The minimum Gasteiger partial charge on any atom is -0.491 e. The Kier molecular flexibility index (Phi) is 17.3. The second-order valence-electron chi connectivity index (χ2n) is 14.4. The molecule has 0 aliphatic heterocycles. The van der Waals surface area contributed by atoms with E-state index >= 15 is 0 Å². The number of pyridine rings is 2. The number of aromatic nitrogens is 2. The molecule has 0 aliphatic rings. The molecule has 0 radical (unpaired) electrons. The minimum absolute atomic E-state index is 0.00254. The van der Waals surface area contributed by atoms with Crippen molar-refractivity contribution in [2.45, 2.75) is 38.8 Å². The number of nitrogens with zero attached hydrogens (tertiary/aromatic N) is 4. The van der Waals surface area contributed by atoms with Gasteiger partial charge in [-0.2, -0.15) is 8.42 Å². The van der Waals surface area contributed by atoms with Gasteiger partial charge < -0.3 is 28.7 Å². The molecule has 0 spiro atoms. The van der Waals surface area contributed by atoms with E-state index in [2.05, 4.69) is 9.97 Å². The summed E-state index contributed by atoms with van der Waals surface area (Å²) in [6, 6.07) is 46.4. The number of anilines is 2. The molecule has 2 amide bonds. The fraction of sp³-hybridized carbons (Fsp3) is 0.176. The number of hydrogen-bond acceptors (Lipinski definition) is 11. The molecule has 7 aromatic rings. The number of ether oxygens (including phenoxy) is 4. The second-order valence-corrected chi connectivity index (χ2v) is 16.0. The van der Waals surface area contributed by atoms with E-state index in [1.807, 2.05) is 85.8 Å². The number of carbonyl (C=O) groups excluding carboxylic acids is 2. The summed E-state index contributed by atoms with van der Waals surface area (Å²) in [5, 5.41) is 0. The Balaban J connectivity index is 0.000000229. The quantitative estimate of drug-likeness (QED) is 0.0564. The van der Waals surface area contributed by atoms with Crippen molar-refractivity contribution in [3.8, 4) is 34.8 Å². The molecular formula is C51H49FN4O9S. The highest BCUT2D eigenvalue weighted by Gasteiger charge is 2.22. The van der Waals surface area contributed by atoms with Crippen molar-refractivity contribution in [1.29, 1.82) is 0 Å². The van der Waals surface area contributed by atoms with Crippen LogP contribution < -0.4 is 28.7 Å². The molecule has 0 fully saturated rings. The molecule has 2 aromatic heterocycles. The lowest BCUT2D eigenvalue weighted by molar-refractivity contribution is -0.117. The third-order valence-corrected chi connectivity index (χ3v) is 10.9. The molecule has 0 unspecified atom stereocenters. The highest BCUT2D eigenvalue weighted by molar-refractivity contribution is 7.86. The summed E-state index contributed by atoms with van der Waals surface area (Å²) in [6.07, 6.45) is 3.21. The van der Waals surface area contributed by atoms with Crippen LogP contribution in [0.3, 0.4) is 0 Å². The Hall–Kier alpha value is -7.62. The Bertz CT molecular complexity index is 2770. The van der Waals surface area contributed by atoms with Gasteiger partial charge in [0.05, 0.1) is 18.0 Å². The van der Waals surface area contributed by atoms with Crippen LogP contribution >= 0.6 is 0 Å². The molecule has 5 aromatic carbocycles. The molecule has 0 N–H and O–H groups in total. The first-order chi connectivity index (χ1) is 32.0. The Morgan fingerprint density at radius 1 is 0.545 bits per heavy atom. The van der Waals surface area contributed by atoms with Crippen LogP contribution in [0, 0.1) is 6.92 Å². The zero-order valence-corrected chi connectivity index (χ0v) is 37.5. The van der Waals surface area contributed by atoms with Gasteiger partial charge in [0, 0.05) is 37.4 Å². The predicted octanol–water partition coefficient (Wildman–Crippen LogP) is 10.3. The fourth-order valence-corrected chi connectivity index (χ4v) is 7.27. The number of para-hydroxylation sites is 4. The molecule has 0 bridgehead atoms. The van der Waals surface area contributed by atoms with Gasteiger partial charge in [0.1, 0.15) is 60.9 Å². The maximum atomic E-state index is 12.7. The van der Waals surface area contributed by atoms with Gasteiger partial charge in [0.2, 0.25) is 23.6 Å². The van der Waals surface area contributed by atoms with E-state index in [4.69, 9.17) is 23.1 Å². The fourth-order valence-electron chi connectivity index (χ4n) is 6.37. The first kappa shape index (κ1) is 47.8. The number of benzene rings is 5. The Morgan fingerprint density at radius 3 is 1.44 bits per heavy atom. The van der Waals surface area contributed by atoms with Crippen LogP contribution in [-0.4, -0.2) is 56.7 Å². The predicted molar refractivity (Wildman–Crippen MR) is 249 cm³/mol. The van der Waals surface area contributed by atoms with Gasteiger partial charge in [-0.3, -0.25) is 13.8 Å². The summed E-state index contributed by atoms with van der Waals surface area (Å²) in [5.74, 6) is 2.50. The summed E-state index contributed by atoms with van der Waals surface area (Å²) in [6.45, 7) is 4.46. The number of rotatable bonds is 19. The molecule has 15 heteroatoms. The van der Waals surface area contributed by atoms with E-state index in [-0.39, 0.29) is 49.6 Å². The van der Waals surface area contributed by atoms with Gasteiger partial charge in [-0.05, 0) is 79.7 Å². The van der Waals surface area contributed by atoms with Crippen LogP contribution in [0.4, 0.5) is 15.8 Å². The second kappa shape index (κ2) is 23.9. The molecule has 0 saturated carbocycles. The van der Waals surface area contributed by atoms with Gasteiger partial charge in [-0.1, -0.05) is 90.5 Å². The smallest absolute Gasteiger partial charge is 0.297 e. The van der Waals surface area contributed by atoms with Crippen molar-refractivity contribution in [3.63, 3.8) is 0 Å².